The smallest absolute Gasteiger partial charge is 0.371 e. The van der Waals surface area contributed by atoms with Crippen LogP contribution in [0.15, 0.2) is 40.4 Å². The Balaban J connectivity index is 2.39. The number of carbonyl (C=O) groups is 3. The van der Waals surface area contributed by atoms with Crippen molar-refractivity contribution in [2.75, 3.05) is 27.9 Å². The van der Waals surface area contributed by atoms with Gasteiger partial charge in [-0.2, -0.15) is 0 Å². The van der Waals surface area contributed by atoms with E-state index in [1.165, 1.54) is 27.4 Å². The van der Waals surface area contributed by atoms with Crippen LogP contribution >= 0.6 is 0 Å². The molecule has 1 heterocycles. The molecule has 0 amide bonds. The van der Waals surface area contributed by atoms with Crippen molar-refractivity contribution in [1.82, 2.24) is 0 Å². The molecule has 10 heteroatoms. The lowest BCUT2D eigenvalue weighted by atomic mass is 9.90. The molecule has 1 unspecified atom stereocenters. The van der Waals surface area contributed by atoms with Crippen LogP contribution in [0.5, 0.6) is 17.2 Å². The average molecular weight is 460 g/mol. The van der Waals surface area contributed by atoms with Gasteiger partial charge in [0.15, 0.2) is 17.3 Å². The van der Waals surface area contributed by atoms with Gasteiger partial charge in [-0.05, 0) is 38.5 Å². The summed E-state index contributed by atoms with van der Waals surface area (Å²) in [6.45, 7) is 4.92. The van der Waals surface area contributed by atoms with Gasteiger partial charge in [0.25, 0.3) is 0 Å². The topological polar surface area (TPSA) is 127 Å². The number of aliphatic carboxylic acids is 1. The fourth-order valence-electron chi connectivity index (χ4n) is 3.67. The molecule has 1 aromatic rings. The first-order valence-corrected chi connectivity index (χ1v) is 9.96. The summed E-state index contributed by atoms with van der Waals surface area (Å²) in [5.74, 6) is -3.47. The van der Waals surface area contributed by atoms with Gasteiger partial charge >= 0.3 is 17.9 Å². The van der Waals surface area contributed by atoms with E-state index >= 15 is 0 Å². The highest BCUT2D eigenvalue weighted by Gasteiger charge is 2.41. The summed E-state index contributed by atoms with van der Waals surface area (Å²) in [6, 6.07) is 1.39. The number of benzene rings is 1. The molecule has 1 aliphatic heterocycles. The molecule has 0 saturated heterocycles. The molecular weight excluding hydrogens is 436 g/mol. The lowest BCUT2D eigenvalue weighted by Crippen LogP contribution is -2.28. The normalized spacial score (nSPS) is 18.7. The highest BCUT2D eigenvalue weighted by Crippen LogP contribution is 2.47. The van der Waals surface area contributed by atoms with Crippen LogP contribution in [0.2, 0.25) is 0 Å². The van der Waals surface area contributed by atoms with Crippen molar-refractivity contribution in [2.24, 2.45) is 0 Å². The molecule has 33 heavy (non-hydrogen) atoms. The number of ether oxygens (including phenoxy) is 6. The van der Waals surface area contributed by atoms with Crippen LogP contribution in [0, 0.1) is 6.92 Å². The Hall–Kier alpha value is -3.79. The number of hydrogen-bond donors (Lipinski definition) is 1. The largest absolute Gasteiger partial charge is 0.496 e. The Bertz CT molecular complexity index is 1120. The second-order valence-corrected chi connectivity index (χ2v) is 7.08. The third-order valence-electron chi connectivity index (χ3n) is 5.20. The maximum atomic E-state index is 13.2. The molecule has 0 spiro atoms. The Morgan fingerprint density at radius 1 is 1.12 bits per heavy atom. The van der Waals surface area contributed by atoms with E-state index in [0.717, 1.165) is 0 Å². The summed E-state index contributed by atoms with van der Waals surface area (Å²) in [7, 11) is 3.96. The SMILES string of the molecule is CCOC(C(=O)O)=C1C2=C(C(=O)Oc3c(C)c(OC)cc(C(=O)OC)c3O2)C(C)=CC1OC. The number of esters is 2. The fraction of sp³-hybridized carbons (Fsp3) is 0.348. The molecule has 2 aliphatic rings. The van der Waals surface area contributed by atoms with Gasteiger partial charge < -0.3 is 33.5 Å². The van der Waals surface area contributed by atoms with Crippen LogP contribution in [0.25, 0.3) is 0 Å². The molecule has 10 nitrogen and oxygen atoms in total. The molecule has 0 fully saturated rings. The number of carboxylic acid groups (broad SMARTS) is 1. The van der Waals surface area contributed by atoms with Crippen molar-refractivity contribution in [1.29, 1.82) is 0 Å². The minimum atomic E-state index is -1.38. The second-order valence-electron chi connectivity index (χ2n) is 7.08. The minimum absolute atomic E-state index is 0.0258. The first-order chi connectivity index (χ1) is 15.7. The van der Waals surface area contributed by atoms with Crippen LogP contribution in [0.3, 0.4) is 0 Å². The van der Waals surface area contributed by atoms with Crippen LogP contribution in [-0.2, 0) is 23.8 Å². The summed E-state index contributed by atoms with van der Waals surface area (Å²) in [5.41, 5.74) is 0.699. The molecular formula is C23H24O10. The van der Waals surface area contributed by atoms with E-state index < -0.39 is 29.8 Å². The second kappa shape index (κ2) is 9.37. The molecule has 0 saturated carbocycles. The van der Waals surface area contributed by atoms with E-state index in [9.17, 15) is 19.5 Å². The van der Waals surface area contributed by atoms with Gasteiger partial charge in [0.1, 0.15) is 23.0 Å². The van der Waals surface area contributed by atoms with E-state index in [1.807, 2.05) is 0 Å². The number of hydrogen-bond acceptors (Lipinski definition) is 9. The molecule has 0 aromatic heterocycles. The highest BCUT2D eigenvalue weighted by molar-refractivity contribution is 6.01. The lowest BCUT2D eigenvalue weighted by Gasteiger charge is -2.26. The average Bonchev–Trinajstić information content (AvgIpc) is 2.94. The van der Waals surface area contributed by atoms with Crippen LogP contribution in [-0.4, -0.2) is 57.1 Å². The number of carbonyl (C=O) groups excluding carboxylic acids is 2. The number of carboxylic acids is 1. The monoisotopic (exact) mass is 460 g/mol. The minimum Gasteiger partial charge on any atom is -0.496 e. The van der Waals surface area contributed by atoms with Gasteiger partial charge in [-0.3, -0.25) is 0 Å². The number of rotatable bonds is 6. The molecule has 1 N–H and O–H groups in total. The predicted octanol–water partition coefficient (Wildman–Crippen LogP) is 2.69. The summed E-state index contributed by atoms with van der Waals surface area (Å²) in [5, 5.41) is 9.81. The Morgan fingerprint density at radius 3 is 2.36 bits per heavy atom. The van der Waals surface area contributed by atoms with Crippen LogP contribution < -0.4 is 14.2 Å². The Morgan fingerprint density at radius 2 is 1.82 bits per heavy atom. The van der Waals surface area contributed by atoms with Crippen molar-refractivity contribution < 1.29 is 47.9 Å². The van der Waals surface area contributed by atoms with Crippen molar-refractivity contribution in [2.45, 2.75) is 26.9 Å². The van der Waals surface area contributed by atoms with Crippen molar-refractivity contribution >= 4 is 17.9 Å². The van der Waals surface area contributed by atoms with E-state index in [1.54, 1.807) is 26.8 Å². The van der Waals surface area contributed by atoms with Gasteiger partial charge in [0.05, 0.1) is 26.4 Å². The number of fused-ring (bicyclic) bond motifs is 1. The van der Waals surface area contributed by atoms with Crippen molar-refractivity contribution in [3.8, 4) is 17.2 Å². The van der Waals surface area contributed by atoms with Gasteiger partial charge in [-0.25, -0.2) is 14.4 Å². The van der Waals surface area contributed by atoms with E-state index in [0.29, 0.717) is 11.1 Å². The fourth-order valence-corrected chi connectivity index (χ4v) is 3.67. The van der Waals surface area contributed by atoms with E-state index in [4.69, 9.17) is 28.4 Å². The Kier molecular flexibility index (Phi) is 6.78. The third kappa shape index (κ3) is 4.05. The maximum absolute atomic E-state index is 13.2. The standard InChI is InChI=1S/C23H24O10/c1-7-31-20(21(24)25)16-14(29-5)8-10(2)15-19(16)32-18-12(22(26)30-6)9-13(28-4)11(3)17(18)33-23(15)27/h8-9,14H,7H2,1-6H3,(H,24,25). The predicted molar refractivity (Wildman–Crippen MR) is 113 cm³/mol. The molecule has 3 rings (SSSR count). The first-order valence-electron chi connectivity index (χ1n) is 9.96. The molecule has 1 aromatic carbocycles. The summed E-state index contributed by atoms with van der Waals surface area (Å²) < 4.78 is 32.8. The maximum Gasteiger partial charge on any atom is 0.371 e. The van der Waals surface area contributed by atoms with Crippen molar-refractivity contribution in [3.05, 3.63) is 51.5 Å². The zero-order valence-corrected chi connectivity index (χ0v) is 19.1. The summed E-state index contributed by atoms with van der Waals surface area (Å²) in [6.07, 6.45) is 0.655. The zero-order chi connectivity index (χ0) is 24.4. The first kappa shape index (κ1) is 23.9. The number of methoxy groups -OCH3 is 3. The van der Waals surface area contributed by atoms with Crippen molar-refractivity contribution in [3.63, 3.8) is 0 Å². The van der Waals surface area contributed by atoms with Gasteiger partial charge in [0, 0.05) is 12.7 Å². The zero-order valence-electron chi connectivity index (χ0n) is 19.1. The van der Waals surface area contributed by atoms with Crippen LogP contribution in [0.4, 0.5) is 0 Å². The van der Waals surface area contributed by atoms with Gasteiger partial charge in [0.2, 0.25) is 5.76 Å². The lowest BCUT2D eigenvalue weighted by molar-refractivity contribution is -0.137. The molecule has 176 valence electrons. The molecule has 0 bridgehead atoms. The Labute approximate surface area is 190 Å². The summed E-state index contributed by atoms with van der Waals surface area (Å²) in [4.78, 5) is 37.8. The van der Waals surface area contributed by atoms with E-state index in [2.05, 4.69) is 0 Å². The molecule has 0 radical (unpaired) electrons. The van der Waals surface area contributed by atoms with Gasteiger partial charge in [-0.1, -0.05) is 0 Å². The van der Waals surface area contributed by atoms with E-state index in [-0.39, 0.29) is 46.3 Å². The van der Waals surface area contributed by atoms with Gasteiger partial charge in [-0.15, -0.1) is 0 Å². The van der Waals surface area contributed by atoms with Crippen LogP contribution in [0.1, 0.15) is 29.8 Å². The summed E-state index contributed by atoms with van der Waals surface area (Å²) >= 11 is 0. The third-order valence-corrected chi connectivity index (χ3v) is 5.20. The molecule has 1 atom stereocenters. The highest BCUT2D eigenvalue weighted by atomic mass is 16.6. The quantitative estimate of drug-likeness (QED) is 0.293. The molecule has 1 aliphatic carbocycles.